The number of oxazole rings is 1. The highest BCUT2D eigenvalue weighted by Gasteiger charge is 2.20. The van der Waals surface area contributed by atoms with Crippen molar-refractivity contribution in [2.45, 2.75) is 33.8 Å². The van der Waals surface area contributed by atoms with Gasteiger partial charge in [-0.2, -0.15) is 0 Å². The van der Waals surface area contributed by atoms with Gasteiger partial charge < -0.3 is 9.15 Å². The maximum atomic E-state index is 12.1. The summed E-state index contributed by atoms with van der Waals surface area (Å²) in [5, 5.41) is 0.561. The van der Waals surface area contributed by atoms with Gasteiger partial charge in [-0.15, -0.1) is 0 Å². The average Bonchev–Trinajstić information content (AvgIpc) is 2.84. The summed E-state index contributed by atoms with van der Waals surface area (Å²) in [6.07, 6.45) is 0.0735. The van der Waals surface area contributed by atoms with Gasteiger partial charge in [-0.3, -0.25) is 9.59 Å². The number of esters is 1. The summed E-state index contributed by atoms with van der Waals surface area (Å²) < 4.78 is 10.5. The van der Waals surface area contributed by atoms with Crippen molar-refractivity contribution in [2.75, 3.05) is 0 Å². The van der Waals surface area contributed by atoms with Crippen LogP contribution in [0.2, 0.25) is 5.02 Å². The molecule has 0 radical (unpaired) electrons. The minimum Gasteiger partial charge on any atom is -0.455 e. The van der Waals surface area contributed by atoms with E-state index >= 15 is 0 Å². The van der Waals surface area contributed by atoms with Crippen molar-refractivity contribution in [1.82, 2.24) is 4.98 Å². The molecule has 23 heavy (non-hydrogen) atoms. The molecule has 0 fully saturated rings. The molecule has 1 aromatic heterocycles. The van der Waals surface area contributed by atoms with Gasteiger partial charge in [0.1, 0.15) is 5.76 Å². The third-order valence-corrected chi connectivity index (χ3v) is 3.72. The predicted molar refractivity (Wildman–Crippen MR) is 85.3 cm³/mol. The van der Waals surface area contributed by atoms with Gasteiger partial charge in [-0.1, -0.05) is 18.5 Å². The molecular weight excluding hydrogens is 318 g/mol. The predicted octanol–water partition coefficient (Wildman–Crippen LogP) is 3.90. The highest BCUT2D eigenvalue weighted by Crippen LogP contribution is 2.16. The van der Waals surface area contributed by atoms with Crippen molar-refractivity contribution in [3.05, 3.63) is 52.2 Å². The monoisotopic (exact) mass is 335 g/mol. The molecule has 0 aliphatic heterocycles. The van der Waals surface area contributed by atoms with Crippen LogP contribution < -0.4 is 0 Å². The Bertz CT molecular complexity index is 686. The number of hydrogen-bond acceptors (Lipinski definition) is 5. The van der Waals surface area contributed by atoms with Crippen molar-refractivity contribution >= 4 is 23.4 Å². The molecule has 0 amide bonds. The van der Waals surface area contributed by atoms with Crippen molar-refractivity contribution < 1.29 is 18.7 Å². The second kappa shape index (κ2) is 7.42. The minimum absolute atomic E-state index is 0.0347. The van der Waals surface area contributed by atoms with Crippen LogP contribution in [0.1, 0.15) is 41.0 Å². The van der Waals surface area contributed by atoms with Gasteiger partial charge in [0, 0.05) is 17.0 Å². The zero-order valence-electron chi connectivity index (χ0n) is 13.3. The Kier molecular flexibility index (Phi) is 5.55. The molecule has 0 N–H and O–H groups in total. The fraction of sp³-hybridized carbons (Fsp3) is 0.353. The standard InChI is InChI=1S/C17H18ClNO4/c1-10(8-15(20)13-4-6-14(18)7-5-13)17(21)22-9-16-19-11(2)12(3)23-16/h4-7,10H,8-9H2,1-3H3/t10-/m0/s1. The highest BCUT2D eigenvalue weighted by atomic mass is 35.5. The van der Waals surface area contributed by atoms with Gasteiger partial charge in [0.15, 0.2) is 12.4 Å². The van der Waals surface area contributed by atoms with E-state index in [-0.39, 0.29) is 18.8 Å². The van der Waals surface area contributed by atoms with E-state index in [1.165, 1.54) is 0 Å². The number of ether oxygens (including phenoxy) is 1. The first-order chi connectivity index (χ1) is 10.9. The zero-order chi connectivity index (χ0) is 17.0. The average molecular weight is 336 g/mol. The summed E-state index contributed by atoms with van der Waals surface area (Å²) in [7, 11) is 0. The highest BCUT2D eigenvalue weighted by molar-refractivity contribution is 6.30. The molecule has 1 aromatic carbocycles. The maximum absolute atomic E-state index is 12.1. The molecule has 0 unspecified atom stereocenters. The lowest BCUT2D eigenvalue weighted by molar-refractivity contribution is -0.149. The maximum Gasteiger partial charge on any atom is 0.309 e. The smallest absolute Gasteiger partial charge is 0.309 e. The Morgan fingerprint density at radius 1 is 1.26 bits per heavy atom. The molecule has 122 valence electrons. The Hall–Kier alpha value is -2.14. The number of aromatic nitrogens is 1. The SMILES string of the molecule is Cc1nc(COC(=O)[C@@H](C)CC(=O)c2ccc(Cl)cc2)oc1C. The molecule has 6 heteroatoms. The van der Waals surface area contributed by atoms with Crippen LogP contribution >= 0.6 is 11.6 Å². The number of Topliss-reactive ketones (excluding diaryl/α,β-unsaturated/α-hetero) is 1. The third kappa shape index (κ3) is 4.66. The first kappa shape index (κ1) is 17.2. The second-order valence-electron chi connectivity index (χ2n) is 5.39. The molecule has 0 saturated heterocycles. The number of carbonyl (C=O) groups excluding carboxylic acids is 2. The molecule has 0 aliphatic carbocycles. The first-order valence-corrected chi connectivity index (χ1v) is 7.63. The molecule has 0 bridgehead atoms. The number of halogens is 1. The molecule has 1 atom stereocenters. The fourth-order valence-corrected chi connectivity index (χ4v) is 2.12. The zero-order valence-corrected chi connectivity index (χ0v) is 14.0. The van der Waals surface area contributed by atoms with E-state index in [4.69, 9.17) is 20.8 Å². The van der Waals surface area contributed by atoms with E-state index in [9.17, 15) is 9.59 Å². The van der Waals surface area contributed by atoms with Crippen molar-refractivity contribution in [3.63, 3.8) is 0 Å². The van der Waals surface area contributed by atoms with E-state index in [0.29, 0.717) is 22.2 Å². The van der Waals surface area contributed by atoms with Crippen LogP contribution in [0.3, 0.4) is 0 Å². The van der Waals surface area contributed by atoms with Crippen molar-refractivity contribution in [2.24, 2.45) is 5.92 Å². The van der Waals surface area contributed by atoms with E-state index in [1.54, 1.807) is 38.1 Å². The van der Waals surface area contributed by atoms with Crippen LogP contribution in [0.25, 0.3) is 0 Å². The molecule has 2 rings (SSSR count). The van der Waals surface area contributed by atoms with Crippen LogP contribution in [-0.4, -0.2) is 16.7 Å². The Morgan fingerprint density at radius 2 is 1.91 bits per heavy atom. The van der Waals surface area contributed by atoms with Crippen LogP contribution in [0, 0.1) is 19.8 Å². The fourth-order valence-electron chi connectivity index (χ4n) is 1.99. The summed E-state index contributed by atoms with van der Waals surface area (Å²) in [5.74, 6) is -0.0864. The summed E-state index contributed by atoms with van der Waals surface area (Å²) in [5.41, 5.74) is 1.29. The molecule has 2 aromatic rings. The molecule has 1 heterocycles. The molecule has 0 aliphatic rings. The lowest BCUT2D eigenvalue weighted by atomic mass is 10.00. The van der Waals surface area contributed by atoms with Crippen LogP contribution in [0.4, 0.5) is 0 Å². The van der Waals surface area contributed by atoms with Gasteiger partial charge in [0.25, 0.3) is 0 Å². The number of aryl methyl sites for hydroxylation is 2. The summed E-state index contributed by atoms with van der Waals surface area (Å²) >= 11 is 5.78. The molecule has 0 spiro atoms. The molecular formula is C17H18ClNO4. The van der Waals surface area contributed by atoms with Crippen molar-refractivity contribution in [1.29, 1.82) is 0 Å². The number of hydrogen-bond donors (Lipinski definition) is 0. The van der Waals surface area contributed by atoms with Gasteiger partial charge in [0.05, 0.1) is 11.6 Å². The van der Waals surface area contributed by atoms with E-state index in [2.05, 4.69) is 4.98 Å². The second-order valence-corrected chi connectivity index (χ2v) is 5.83. The van der Waals surface area contributed by atoms with E-state index in [0.717, 1.165) is 5.69 Å². The first-order valence-electron chi connectivity index (χ1n) is 7.25. The number of ketones is 1. The summed E-state index contributed by atoms with van der Waals surface area (Å²) in [6.45, 7) is 5.23. The van der Waals surface area contributed by atoms with E-state index in [1.807, 2.05) is 6.92 Å². The normalized spacial score (nSPS) is 12.0. The van der Waals surface area contributed by atoms with E-state index < -0.39 is 11.9 Å². The topological polar surface area (TPSA) is 69.4 Å². The van der Waals surface area contributed by atoms with Gasteiger partial charge >= 0.3 is 5.97 Å². The Morgan fingerprint density at radius 3 is 2.48 bits per heavy atom. The summed E-state index contributed by atoms with van der Waals surface area (Å²) in [4.78, 5) is 28.2. The van der Waals surface area contributed by atoms with Crippen molar-refractivity contribution in [3.8, 4) is 0 Å². The Balaban J connectivity index is 1.86. The van der Waals surface area contributed by atoms with Crippen LogP contribution in [-0.2, 0) is 16.1 Å². The van der Waals surface area contributed by atoms with Gasteiger partial charge in [0.2, 0.25) is 5.89 Å². The number of rotatable bonds is 6. The molecule has 0 saturated carbocycles. The summed E-state index contributed by atoms with van der Waals surface area (Å²) in [6, 6.07) is 6.57. The van der Waals surface area contributed by atoms with Gasteiger partial charge in [-0.05, 0) is 38.1 Å². The lowest BCUT2D eigenvalue weighted by Crippen LogP contribution is -2.18. The third-order valence-electron chi connectivity index (χ3n) is 3.47. The largest absolute Gasteiger partial charge is 0.455 e. The van der Waals surface area contributed by atoms with Gasteiger partial charge in [-0.25, -0.2) is 4.98 Å². The minimum atomic E-state index is -0.546. The number of carbonyl (C=O) groups is 2. The number of nitrogens with zero attached hydrogens (tertiary/aromatic N) is 1. The van der Waals surface area contributed by atoms with Crippen LogP contribution in [0.5, 0.6) is 0 Å². The number of benzene rings is 1. The Labute approximate surface area is 139 Å². The van der Waals surface area contributed by atoms with Crippen LogP contribution in [0.15, 0.2) is 28.7 Å². The lowest BCUT2D eigenvalue weighted by Gasteiger charge is -2.10. The molecule has 5 nitrogen and oxygen atoms in total. The quantitative estimate of drug-likeness (QED) is 0.591.